The van der Waals surface area contributed by atoms with Gasteiger partial charge >= 0.3 is 0 Å². The monoisotopic (exact) mass is 476 g/mol. The Morgan fingerprint density at radius 3 is 2.59 bits per heavy atom. The second-order valence-corrected chi connectivity index (χ2v) is 8.93. The number of anilines is 1. The standard InChI is InChI=1S/C24H24N6O3S/c25-15-18-4-6-20(7-5-18)22-17-34-24(26-22)27-23(31)8-9-28-10-12-29(13-11-28)16-19-2-1-3-21(14-19)30(32)33/h1-7,14,17H,8-13,16H2,(H,26,27,31). The Labute approximate surface area is 201 Å². The molecule has 1 aromatic heterocycles. The molecule has 0 atom stereocenters. The fraction of sp³-hybridized carbons (Fsp3) is 0.292. The maximum Gasteiger partial charge on any atom is 0.269 e. The average Bonchev–Trinajstić information content (AvgIpc) is 3.32. The van der Waals surface area contributed by atoms with Gasteiger partial charge in [0.05, 0.1) is 22.2 Å². The Bertz CT molecular complexity index is 1200. The number of carbonyl (C=O) groups excluding carboxylic acids is 1. The molecule has 0 aliphatic carbocycles. The van der Waals surface area contributed by atoms with Crippen molar-refractivity contribution >= 4 is 28.1 Å². The smallest absolute Gasteiger partial charge is 0.269 e. The van der Waals surface area contributed by atoms with Crippen LogP contribution < -0.4 is 5.32 Å². The molecule has 1 aliphatic rings. The molecule has 2 aromatic carbocycles. The van der Waals surface area contributed by atoms with E-state index in [2.05, 4.69) is 26.2 Å². The van der Waals surface area contributed by atoms with Gasteiger partial charge in [-0.05, 0) is 17.7 Å². The number of hydrogen-bond acceptors (Lipinski definition) is 8. The Morgan fingerprint density at radius 1 is 1.15 bits per heavy atom. The van der Waals surface area contributed by atoms with Crippen LogP contribution in [0.1, 0.15) is 17.5 Å². The third kappa shape index (κ3) is 6.23. The molecule has 1 N–H and O–H groups in total. The minimum atomic E-state index is -0.369. The molecule has 0 unspecified atom stereocenters. The van der Waals surface area contributed by atoms with Gasteiger partial charge in [0.1, 0.15) is 0 Å². The van der Waals surface area contributed by atoms with Crippen LogP contribution in [0.3, 0.4) is 0 Å². The largest absolute Gasteiger partial charge is 0.302 e. The van der Waals surface area contributed by atoms with E-state index in [0.29, 0.717) is 30.2 Å². The third-order valence-electron chi connectivity index (χ3n) is 5.71. The zero-order valence-corrected chi connectivity index (χ0v) is 19.3. The second kappa shape index (κ2) is 11.0. The third-order valence-corrected chi connectivity index (χ3v) is 6.47. The highest BCUT2D eigenvalue weighted by Gasteiger charge is 2.19. The van der Waals surface area contributed by atoms with Crippen molar-refractivity contribution in [2.24, 2.45) is 0 Å². The first-order valence-electron chi connectivity index (χ1n) is 10.9. The number of hydrogen-bond donors (Lipinski definition) is 1. The number of nitriles is 1. The van der Waals surface area contributed by atoms with Crippen molar-refractivity contribution in [3.8, 4) is 17.3 Å². The highest BCUT2D eigenvalue weighted by molar-refractivity contribution is 7.14. The summed E-state index contributed by atoms with van der Waals surface area (Å²) in [6.45, 7) is 4.76. The summed E-state index contributed by atoms with van der Waals surface area (Å²) in [5.41, 5.74) is 3.32. The maximum atomic E-state index is 12.4. The van der Waals surface area contributed by atoms with Crippen molar-refractivity contribution in [2.75, 3.05) is 38.0 Å². The number of carbonyl (C=O) groups is 1. The molecule has 2 heterocycles. The van der Waals surface area contributed by atoms with Gasteiger partial charge in [0.15, 0.2) is 5.13 Å². The number of nitrogens with zero attached hydrogens (tertiary/aromatic N) is 5. The van der Waals surface area contributed by atoms with Crippen molar-refractivity contribution in [3.05, 3.63) is 75.2 Å². The molecule has 1 fully saturated rings. The molecule has 34 heavy (non-hydrogen) atoms. The molecule has 9 nitrogen and oxygen atoms in total. The van der Waals surface area contributed by atoms with Crippen LogP contribution in [0, 0.1) is 21.4 Å². The lowest BCUT2D eigenvalue weighted by Gasteiger charge is -2.34. The van der Waals surface area contributed by atoms with E-state index in [4.69, 9.17) is 5.26 Å². The number of thiazole rings is 1. The lowest BCUT2D eigenvalue weighted by Crippen LogP contribution is -2.46. The summed E-state index contributed by atoms with van der Waals surface area (Å²) in [6.07, 6.45) is 0.386. The molecule has 1 aliphatic heterocycles. The van der Waals surface area contributed by atoms with Gasteiger partial charge in [-0.3, -0.25) is 19.8 Å². The quantitative estimate of drug-likeness (QED) is 0.389. The summed E-state index contributed by atoms with van der Waals surface area (Å²) < 4.78 is 0. The normalized spacial score (nSPS) is 14.4. The first kappa shape index (κ1) is 23.5. The molecule has 1 saturated heterocycles. The molecule has 174 valence electrons. The van der Waals surface area contributed by atoms with Crippen molar-refractivity contribution in [1.29, 1.82) is 5.26 Å². The van der Waals surface area contributed by atoms with Gasteiger partial charge in [0.25, 0.3) is 5.69 Å². The molecular formula is C24H24N6O3S. The Morgan fingerprint density at radius 2 is 1.88 bits per heavy atom. The topological polar surface area (TPSA) is 115 Å². The minimum absolute atomic E-state index is 0.0697. The van der Waals surface area contributed by atoms with E-state index in [1.807, 2.05) is 23.6 Å². The molecule has 0 radical (unpaired) electrons. The van der Waals surface area contributed by atoms with Crippen LogP contribution in [0.15, 0.2) is 53.9 Å². The molecule has 3 aromatic rings. The summed E-state index contributed by atoms with van der Waals surface area (Å²) >= 11 is 1.38. The Balaban J connectivity index is 1.20. The van der Waals surface area contributed by atoms with Gasteiger partial charge in [0, 0.05) is 68.8 Å². The van der Waals surface area contributed by atoms with Crippen LogP contribution in [0.5, 0.6) is 0 Å². The number of nitrogens with one attached hydrogen (secondary N) is 1. The molecule has 4 rings (SSSR count). The van der Waals surface area contributed by atoms with Gasteiger partial charge in [-0.15, -0.1) is 11.3 Å². The summed E-state index contributed by atoms with van der Waals surface area (Å²) in [4.78, 5) is 32.0. The molecule has 0 spiro atoms. The van der Waals surface area contributed by atoms with Gasteiger partial charge in [-0.1, -0.05) is 24.3 Å². The fourth-order valence-corrected chi connectivity index (χ4v) is 4.55. The van der Waals surface area contributed by atoms with Crippen LogP contribution in [0.25, 0.3) is 11.3 Å². The van der Waals surface area contributed by atoms with Gasteiger partial charge in [-0.25, -0.2) is 4.98 Å². The predicted octanol–water partition coefficient (Wildman–Crippen LogP) is 3.74. The van der Waals surface area contributed by atoms with Crippen molar-refractivity contribution < 1.29 is 9.72 Å². The Kier molecular flexibility index (Phi) is 7.59. The summed E-state index contributed by atoms with van der Waals surface area (Å²) in [5.74, 6) is -0.0697. The van der Waals surface area contributed by atoms with Gasteiger partial charge in [-0.2, -0.15) is 5.26 Å². The Hall–Kier alpha value is -3.65. The number of nitro groups is 1. The van der Waals surface area contributed by atoms with Crippen molar-refractivity contribution in [1.82, 2.24) is 14.8 Å². The average molecular weight is 477 g/mol. The van der Waals surface area contributed by atoms with E-state index in [1.165, 1.54) is 17.4 Å². The van der Waals surface area contributed by atoms with E-state index < -0.39 is 0 Å². The highest BCUT2D eigenvalue weighted by atomic mass is 32.1. The molecule has 0 saturated carbocycles. The van der Waals surface area contributed by atoms with E-state index in [1.54, 1.807) is 24.3 Å². The van der Waals surface area contributed by atoms with Crippen LogP contribution in [-0.4, -0.2) is 58.3 Å². The van der Waals surface area contributed by atoms with Crippen LogP contribution in [0.2, 0.25) is 0 Å². The SMILES string of the molecule is N#Cc1ccc(-c2csc(NC(=O)CCN3CCN(Cc4cccc([N+](=O)[O-])c4)CC3)n2)cc1. The highest BCUT2D eigenvalue weighted by Crippen LogP contribution is 2.25. The number of benzene rings is 2. The minimum Gasteiger partial charge on any atom is -0.302 e. The zero-order chi connectivity index (χ0) is 23.9. The lowest BCUT2D eigenvalue weighted by molar-refractivity contribution is -0.384. The summed E-state index contributed by atoms with van der Waals surface area (Å²) in [6, 6.07) is 16.0. The van der Waals surface area contributed by atoms with Crippen LogP contribution in [0.4, 0.5) is 10.8 Å². The fourth-order valence-electron chi connectivity index (χ4n) is 3.82. The van der Waals surface area contributed by atoms with E-state index in [0.717, 1.165) is 43.0 Å². The van der Waals surface area contributed by atoms with Crippen molar-refractivity contribution in [2.45, 2.75) is 13.0 Å². The summed E-state index contributed by atoms with van der Waals surface area (Å²) in [5, 5.41) is 25.2. The zero-order valence-electron chi connectivity index (χ0n) is 18.5. The second-order valence-electron chi connectivity index (χ2n) is 8.07. The molecular weight excluding hydrogens is 452 g/mol. The van der Waals surface area contributed by atoms with E-state index >= 15 is 0 Å². The maximum absolute atomic E-state index is 12.4. The first-order valence-corrected chi connectivity index (χ1v) is 11.8. The number of amides is 1. The number of rotatable bonds is 8. The van der Waals surface area contributed by atoms with Crippen molar-refractivity contribution in [3.63, 3.8) is 0 Å². The van der Waals surface area contributed by atoms with Crippen LogP contribution in [-0.2, 0) is 11.3 Å². The van der Waals surface area contributed by atoms with E-state index in [9.17, 15) is 14.9 Å². The number of aromatic nitrogens is 1. The molecule has 0 bridgehead atoms. The summed E-state index contributed by atoms with van der Waals surface area (Å²) in [7, 11) is 0. The van der Waals surface area contributed by atoms with Gasteiger partial charge in [0.2, 0.25) is 5.91 Å². The number of piperazine rings is 1. The molecule has 1 amide bonds. The van der Waals surface area contributed by atoms with Crippen LogP contribution >= 0.6 is 11.3 Å². The number of nitro benzene ring substituents is 1. The van der Waals surface area contributed by atoms with E-state index in [-0.39, 0.29) is 16.5 Å². The lowest BCUT2D eigenvalue weighted by atomic mass is 10.1. The van der Waals surface area contributed by atoms with Gasteiger partial charge < -0.3 is 10.2 Å². The molecule has 10 heteroatoms. The first-order chi connectivity index (χ1) is 16.5. The number of non-ortho nitro benzene ring substituents is 1. The predicted molar refractivity (Wildman–Crippen MR) is 130 cm³/mol.